The van der Waals surface area contributed by atoms with Crippen LogP contribution in [0.4, 0.5) is 15.6 Å². The quantitative estimate of drug-likeness (QED) is 0.572. The summed E-state index contributed by atoms with van der Waals surface area (Å²) in [4.78, 5) is 16.6. The van der Waals surface area contributed by atoms with E-state index in [1.54, 1.807) is 6.20 Å². The molecule has 7 heteroatoms. The second-order valence-corrected chi connectivity index (χ2v) is 8.39. The average molecular weight is 396 g/mol. The topological polar surface area (TPSA) is 79.8 Å². The lowest BCUT2D eigenvalue weighted by molar-refractivity contribution is 0.262. The summed E-state index contributed by atoms with van der Waals surface area (Å²) in [5.74, 6) is 0.939. The zero-order chi connectivity index (χ0) is 20.1. The minimum absolute atomic E-state index is 0.336. The lowest BCUT2D eigenvalue weighted by Crippen LogP contribution is -2.19. The molecule has 2 heterocycles. The van der Waals surface area contributed by atoms with Gasteiger partial charge in [0.2, 0.25) is 5.13 Å². The highest BCUT2D eigenvalue weighted by Gasteiger charge is 2.11. The van der Waals surface area contributed by atoms with E-state index in [4.69, 9.17) is 0 Å². The largest absolute Gasteiger partial charge is 0.325 e. The van der Waals surface area contributed by atoms with E-state index in [-0.39, 0.29) is 6.03 Å². The van der Waals surface area contributed by atoms with Crippen LogP contribution in [0.1, 0.15) is 44.9 Å². The van der Waals surface area contributed by atoms with Gasteiger partial charge < -0.3 is 5.32 Å². The Kier molecular flexibility index (Phi) is 6.36. The first kappa shape index (κ1) is 19.9. The molecule has 3 rings (SSSR count). The van der Waals surface area contributed by atoms with Crippen molar-refractivity contribution in [3.05, 3.63) is 53.9 Å². The lowest BCUT2D eigenvalue weighted by Gasteiger charge is -2.08. The monoisotopic (exact) mass is 395 g/mol. The molecule has 146 valence electrons. The number of nitrogens with zero attached hydrogens (tertiary/aromatic N) is 3. The van der Waals surface area contributed by atoms with Gasteiger partial charge in [0.25, 0.3) is 0 Å². The van der Waals surface area contributed by atoms with E-state index >= 15 is 0 Å². The zero-order valence-electron chi connectivity index (χ0n) is 16.6. The molecule has 2 aromatic heterocycles. The number of carbonyl (C=O) groups is 1. The summed E-state index contributed by atoms with van der Waals surface area (Å²) in [5.41, 5.74) is 3.95. The fourth-order valence-electron chi connectivity index (χ4n) is 2.74. The van der Waals surface area contributed by atoms with Crippen molar-refractivity contribution >= 4 is 28.2 Å². The van der Waals surface area contributed by atoms with Crippen LogP contribution < -0.4 is 10.6 Å². The number of pyridine rings is 1. The van der Waals surface area contributed by atoms with Gasteiger partial charge in [0.1, 0.15) is 5.01 Å². The van der Waals surface area contributed by atoms with E-state index < -0.39 is 0 Å². The van der Waals surface area contributed by atoms with Gasteiger partial charge in [0, 0.05) is 23.1 Å². The van der Waals surface area contributed by atoms with E-state index in [0.717, 1.165) is 28.4 Å². The van der Waals surface area contributed by atoms with Gasteiger partial charge in [-0.2, -0.15) is 0 Å². The summed E-state index contributed by atoms with van der Waals surface area (Å²) < 4.78 is 0. The summed E-state index contributed by atoms with van der Waals surface area (Å²) in [7, 11) is 0. The fourth-order valence-corrected chi connectivity index (χ4v) is 3.48. The van der Waals surface area contributed by atoms with E-state index in [1.807, 2.05) is 36.4 Å². The van der Waals surface area contributed by atoms with Crippen LogP contribution in [0.3, 0.4) is 0 Å². The average Bonchev–Trinajstić information content (AvgIpc) is 3.11. The Morgan fingerprint density at radius 1 is 1.04 bits per heavy atom. The van der Waals surface area contributed by atoms with Crippen molar-refractivity contribution in [3.8, 4) is 10.6 Å². The molecule has 3 aromatic rings. The van der Waals surface area contributed by atoms with Crippen LogP contribution >= 0.6 is 11.3 Å². The molecule has 2 N–H and O–H groups in total. The third kappa shape index (κ3) is 5.36. The molecule has 0 aliphatic carbocycles. The number of hydrogen-bond donors (Lipinski definition) is 2. The van der Waals surface area contributed by atoms with E-state index in [1.165, 1.54) is 16.9 Å². The number of nitrogens with one attached hydrogen (secondary N) is 2. The van der Waals surface area contributed by atoms with Crippen molar-refractivity contribution in [1.29, 1.82) is 0 Å². The van der Waals surface area contributed by atoms with Crippen LogP contribution in [-0.4, -0.2) is 21.2 Å². The third-order valence-electron chi connectivity index (χ3n) is 4.12. The van der Waals surface area contributed by atoms with Crippen molar-refractivity contribution in [2.24, 2.45) is 5.92 Å². The van der Waals surface area contributed by atoms with Crippen molar-refractivity contribution < 1.29 is 4.79 Å². The first-order chi connectivity index (χ1) is 13.4. The molecule has 1 aromatic carbocycles. The Labute approximate surface area is 169 Å². The predicted octanol–water partition coefficient (Wildman–Crippen LogP) is 5.57. The Hall–Kier alpha value is -2.80. The smallest absolute Gasteiger partial charge is 0.308 e. The molecule has 0 aliphatic rings. The number of benzene rings is 1. The summed E-state index contributed by atoms with van der Waals surface area (Å²) >= 11 is 1.33. The molecule has 0 saturated carbocycles. The van der Waals surface area contributed by atoms with Gasteiger partial charge in [-0.15, -0.1) is 10.2 Å². The van der Waals surface area contributed by atoms with Crippen LogP contribution in [0, 0.1) is 5.92 Å². The van der Waals surface area contributed by atoms with E-state index in [9.17, 15) is 4.79 Å². The van der Waals surface area contributed by atoms with Gasteiger partial charge in [-0.05, 0) is 48.1 Å². The highest BCUT2D eigenvalue weighted by molar-refractivity contribution is 7.18. The first-order valence-electron chi connectivity index (χ1n) is 9.37. The maximum Gasteiger partial charge on any atom is 0.325 e. The Balaban J connectivity index is 1.62. The maximum absolute atomic E-state index is 12.2. The molecule has 0 spiro atoms. The Morgan fingerprint density at radius 2 is 1.79 bits per heavy atom. The molecule has 0 bridgehead atoms. The minimum Gasteiger partial charge on any atom is -0.308 e. The summed E-state index contributed by atoms with van der Waals surface area (Å²) in [5, 5.41) is 15.0. The van der Waals surface area contributed by atoms with E-state index in [2.05, 4.69) is 53.5 Å². The number of anilines is 2. The van der Waals surface area contributed by atoms with Gasteiger partial charge in [-0.25, -0.2) is 4.79 Å². The van der Waals surface area contributed by atoms with Crippen molar-refractivity contribution in [3.63, 3.8) is 0 Å². The number of hydrogen-bond acceptors (Lipinski definition) is 5. The second kappa shape index (κ2) is 8.93. The molecule has 0 atom stereocenters. The van der Waals surface area contributed by atoms with Crippen LogP contribution in [0.15, 0.2) is 42.6 Å². The molecular weight excluding hydrogens is 370 g/mol. The maximum atomic E-state index is 12.2. The SMILES string of the molecule is CC(C)Cc1ccc(NC(=O)Nc2nnc(-c3ccnc(C(C)C)c3)s2)cc1. The minimum atomic E-state index is -0.336. The molecule has 0 unspecified atom stereocenters. The van der Waals surface area contributed by atoms with E-state index in [0.29, 0.717) is 17.0 Å². The van der Waals surface area contributed by atoms with Crippen molar-refractivity contribution in [2.75, 3.05) is 10.6 Å². The lowest BCUT2D eigenvalue weighted by atomic mass is 10.0. The van der Waals surface area contributed by atoms with Gasteiger partial charge in [-0.3, -0.25) is 10.3 Å². The molecule has 28 heavy (non-hydrogen) atoms. The number of rotatable bonds is 6. The second-order valence-electron chi connectivity index (χ2n) is 7.41. The normalized spacial score (nSPS) is 11.1. The van der Waals surface area contributed by atoms with Crippen LogP contribution in [0.2, 0.25) is 0 Å². The van der Waals surface area contributed by atoms with Gasteiger partial charge in [-0.1, -0.05) is 51.2 Å². The van der Waals surface area contributed by atoms with Crippen LogP contribution in [0.25, 0.3) is 10.6 Å². The van der Waals surface area contributed by atoms with Gasteiger partial charge in [0.15, 0.2) is 0 Å². The molecular formula is C21H25N5OS. The predicted molar refractivity (Wildman–Crippen MR) is 115 cm³/mol. The Morgan fingerprint density at radius 3 is 2.46 bits per heavy atom. The molecule has 6 nitrogen and oxygen atoms in total. The van der Waals surface area contributed by atoms with Gasteiger partial charge >= 0.3 is 6.03 Å². The standard InChI is InChI=1S/C21H25N5OS/c1-13(2)11-15-5-7-17(8-6-15)23-20(27)24-21-26-25-19(28-21)16-9-10-22-18(12-16)14(3)4/h5-10,12-14H,11H2,1-4H3,(H2,23,24,26,27). The number of amides is 2. The van der Waals surface area contributed by atoms with Crippen LogP contribution in [0.5, 0.6) is 0 Å². The highest BCUT2D eigenvalue weighted by Crippen LogP contribution is 2.27. The molecule has 2 amide bonds. The third-order valence-corrected chi connectivity index (χ3v) is 5.01. The Bertz CT molecular complexity index is 934. The first-order valence-corrected chi connectivity index (χ1v) is 10.2. The number of carbonyl (C=O) groups excluding carboxylic acids is 1. The number of aromatic nitrogens is 3. The molecule has 0 radical (unpaired) electrons. The van der Waals surface area contributed by atoms with Crippen molar-refractivity contribution in [1.82, 2.24) is 15.2 Å². The zero-order valence-corrected chi connectivity index (χ0v) is 17.4. The molecule has 0 aliphatic heterocycles. The summed E-state index contributed by atoms with van der Waals surface area (Å²) in [6.45, 7) is 8.56. The van der Waals surface area contributed by atoms with Crippen molar-refractivity contribution in [2.45, 2.75) is 40.0 Å². The van der Waals surface area contributed by atoms with Gasteiger partial charge in [0.05, 0.1) is 0 Å². The fraction of sp³-hybridized carbons (Fsp3) is 0.333. The summed E-state index contributed by atoms with van der Waals surface area (Å²) in [6.07, 6.45) is 2.79. The molecule has 0 saturated heterocycles. The molecule has 0 fully saturated rings. The highest BCUT2D eigenvalue weighted by atomic mass is 32.1. The summed E-state index contributed by atoms with van der Waals surface area (Å²) in [6, 6.07) is 11.5. The van der Waals surface area contributed by atoms with Crippen LogP contribution in [-0.2, 0) is 6.42 Å². The number of urea groups is 1.